The monoisotopic (exact) mass is 358 g/mol. The molecule has 1 aromatic heterocycles. The van der Waals surface area contributed by atoms with Gasteiger partial charge in [0.2, 0.25) is 0 Å². The van der Waals surface area contributed by atoms with E-state index in [0.29, 0.717) is 5.69 Å². The summed E-state index contributed by atoms with van der Waals surface area (Å²) in [5, 5.41) is 0.0943. The Labute approximate surface area is 150 Å². The molecule has 0 bridgehead atoms. The molecule has 2 aromatic carbocycles. The van der Waals surface area contributed by atoms with Crippen molar-refractivity contribution in [1.82, 2.24) is 9.55 Å². The molecule has 122 valence electrons. The molecule has 0 spiro atoms. The number of nitrogens with zero attached hydrogens (tertiary/aromatic N) is 2. The third-order valence-corrected chi connectivity index (χ3v) is 4.61. The van der Waals surface area contributed by atoms with Gasteiger partial charge in [-0.25, -0.2) is 4.98 Å². The fourth-order valence-electron chi connectivity index (χ4n) is 2.82. The Bertz CT molecular complexity index is 936. The first-order valence-electron chi connectivity index (χ1n) is 7.59. The Morgan fingerprint density at radius 2 is 1.58 bits per heavy atom. The molecule has 3 aromatic rings. The number of aryl methyl sites for hydroxylation is 1. The number of rotatable bonds is 3. The minimum atomic E-state index is -0.351. The average molecular weight is 359 g/mol. The second-order valence-corrected chi connectivity index (χ2v) is 6.33. The second kappa shape index (κ2) is 6.80. The van der Waals surface area contributed by atoms with Crippen LogP contribution in [0.3, 0.4) is 0 Å². The summed E-state index contributed by atoms with van der Waals surface area (Å²) in [6.45, 7) is 3.92. The summed E-state index contributed by atoms with van der Waals surface area (Å²) in [5.41, 5.74) is 3.10. The highest BCUT2D eigenvalue weighted by molar-refractivity contribution is 6.33. The lowest BCUT2D eigenvalue weighted by Crippen LogP contribution is -2.27. The van der Waals surface area contributed by atoms with E-state index in [1.165, 1.54) is 0 Å². The molecule has 0 saturated carbocycles. The van der Waals surface area contributed by atoms with E-state index >= 15 is 0 Å². The van der Waals surface area contributed by atoms with Gasteiger partial charge in [-0.05, 0) is 25.0 Å². The SMILES string of the molecule is Cc1ccccc1-c1c(Cl)nc(Cl)c(=O)n1[C@H](C)c1ccccc1. The van der Waals surface area contributed by atoms with E-state index < -0.39 is 0 Å². The average Bonchev–Trinajstić information content (AvgIpc) is 2.59. The van der Waals surface area contributed by atoms with Crippen molar-refractivity contribution < 1.29 is 0 Å². The molecule has 0 radical (unpaired) electrons. The Kier molecular flexibility index (Phi) is 4.74. The van der Waals surface area contributed by atoms with Crippen LogP contribution in [-0.2, 0) is 0 Å². The van der Waals surface area contributed by atoms with E-state index in [0.717, 1.165) is 16.7 Å². The fourth-order valence-corrected chi connectivity index (χ4v) is 3.31. The molecule has 0 aliphatic carbocycles. The molecule has 0 fully saturated rings. The highest BCUT2D eigenvalue weighted by Gasteiger charge is 2.21. The molecule has 0 saturated heterocycles. The van der Waals surface area contributed by atoms with Crippen molar-refractivity contribution in [2.45, 2.75) is 19.9 Å². The van der Waals surface area contributed by atoms with Crippen molar-refractivity contribution in [2.75, 3.05) is 0 Å². The summed E-state index contributed by atoms with van der Waals surface area (Å²) in [7, 11) is 0. The van der Waals surface area contributed by atoms with Crippen LogP contribution in [0.5, 0.6) is 0 Å². The maximum absolute atomic E-state index is 12.8. The maximum Gasteiger partial charge on any atom is 0.289 e. The molecule has 0 N–H and O–H groups in total. The lowest BCUT2D eigenvalue weighted by Gasteiger charge is -2.22. The first kappa shape index (κ1) is 16.7. The first-order valence-corrected chi connectivity index (χ1v) is 8.34. The number of hydrogen-bond acceptors (Lipinski definition) is 2. The van der Waals surface area contributed by atoms with Gasteiger partial charge in [-0.2, -0.15) is 0 Å². The van der Waals surface area contributed by atoms with Crippen LogP contribution < -0.4 is 5.56 Å². The van der Waals surface area contributed by atoms with Gasteiger partial charge >= 0.3 is 0 Å². The number of halogens is 2. The lowest BCUT2D eigenvalue weighted by molar-refractivity contribution is 0.617. The standard InChI is InChI=1S/C19H16Cl2N2O/c1-12-8-6-7-11-15(12)16-17(20)22-18(21)19(24)23(16)13(2)14-9-4-3-5-10-14/h3-11,13H,1-2H3/t13-/m1/s1. The zero-order chi connectivity index (χ0) is 17.3. The van der Waals surface area contributed by atoms with Gasteiger partial charge in [0.15, 0.2) is 10.3 Å². The van der Waals surface area contributed by atoms with E-state index in [-0.39, 0.29) is 21.9 Å². The van der Waals surface area contributed by atoms with Gasteiger partial charge in [-0.1, -0.05) is 77.8 Å². The van der Waals surface area contributed by atoms with Crippen molar-refractivity contribution in [2.24, 2.45) is 0 Å². The van der Waals surface area contributed by atoms with Crippen molar-refractivity contribution in [3.8, 4) is 11.3 Å². The Balaban J connectivity index is 2.33. The van der Waals surface area contributed by atoms with Crippen LogP contribution in [0.4, 0.5) is 0 Å². The molecule has 1 heterocycles. The van der Waals surface area contributed by atoms with E-state index in [1.807, 2.05) is 68.4 Å². The van der Waals surface area contributed by atoms with E-state index in [4.69, 9.17) is 23.2 Å². The van der Waals surface area contributed by atoms with Crippen LogP contribution in [-0.4, -0.2) is 9.55 Å². The largest absolute Gasteiger partial charge is 0.295 e. The molecule has 0 aliphatic rings. The summed E-state index contributed by atoms with van der Waals surface area (Å²) >= 11 is 12.4. The van der Waals surface area contributed by atoms with Gasteiger partial charge in [0.05, 0.1) is 11.7 Å². The van der Waals surface area contributed by atoms with Gasteiger partial charge in [0.1, 0.15) is 0 Å². The number of hydrogen-bond donors (Lipinski definition) is 0. The molecular formula is C19H16Cl2N2O. The minimum absolute atomic E-state index is 0.125. The molecular weight excluding hydrogens is 343 g/mol. The van der Waals surface area contributed by atoms with Gasteiger partial charge in [-0.15, -0.1) is 0 Å². The van der Waals surface area contributed by atoms with Gasteiger partial charge in [-0.3, -0.25) is 9.36 Å². The van der Waals surface area contributed by atoms with Crippen LogP contribution in [0.2, 0.25) is 10.3 Å². The highest BCUT2D eigenvalue weighted by Crippen LogP contribution is 2.32. The van der Waals surface area contributed by atoms with Crippen molar-refractivity contribution in [3.63, 3.8) is 0 Å². The van der Waals surface area contributed by atoms with Gasteiger partial charge in [0.25, 0.3) is 5.56 Å². The highest BCUT2D eigenvalue weighted by atomic mass is 35.5. The Hall–Kier alpha value is -2.10. The Morgan fingerprint density at radius 1 is 0.958 bits per heavy atom. The van der Waals surface area contributed by atoms with E-state index in [9.17, 15) is 4.79 Å². The van der Waals surface area contributed by atoms with E-state index in [2.05, 4.69) is 4.98 Å². The number of benzene rings is 2. The molecule has 3 rings (SSSR count). The molecule has 0 aliphatic heterocycles. The molecule has 5 heteroatoms. The quantitative estimate of drug-likeness (QED) is 0.649. The van der Waals surface area contributed by atoms with Crippen LogP contribution in [0.25, 0.3) is 11.3 Å². The van der Waals surface area contributed by atoms with Crippen LogP contribution in [0.15, 0.2) is 59.4 Å². The van der Waals surface area contributed by atoms with Crippen molar-refractivity contribution >= 4 is 23.2 Å². The van der Waals surface area contributed by atoms with Crippen molar-refractivity contribution in [1.29, 1.82) is 0 Å². The summed E-state index contributed by atoms with van der Waals surface area (Å²) in [6, 6.07) is 17.3. The fraction of sp³-hybridized carbons (Fsp3) is 0.158. The summed E-state index contributed by atoms with van der Waals surface area (Å²) < 4.78 is 1.62. The van der Waals surface area contributed by atoms with Gasteiger partial charge < -0.3 is 0 Å². The summed E-state index contributed by atoms with van der Waals surface area (Å²) in [4.78, 5) is 16.8. The van der Waals surface area contributed by atoms with Crippen LogP contribution in [0, 0.1) is 6.92 Å². The zero-order valence-electron chi connectivity index (χ0n) is 13.3. The third-order valence-electron chi connectivity index (χ3n) is 4.10. The lowest BCUT2D eigenvalue weighted by atomic mass is 10.0. The molecule has 24 heavy (non-hydrogen) atoms. The van der Waals surface area contributed by atoms with Crippen molar-refractivity contribution in [3.05, 3.63) is 86.4 Å². The zero-order valence-corrected chi connectivity index (χ0v) is 14.8. The summed E-state index contributed by atoms with van der Waals surface area (Å²) in [6.07, 6.45) is 0. The van der Waals surface area contributed by atoms with Crippen LogP contribution >= 0.6 is 23.2 Å². The molecule has 1 atom stereocenters. The third kappa shape index (κ3) is 2.97. The minimum Gasteiger partial charge on any atom is -0.295 e. The smallest absolute Gasteiger partial charge is 0.289 e. The molecule has 0 amide bonds. The van der Waals surface area contributed by atoms with Crippen LogP contribution in [0.1, 0.15) is 24.1 Å². The Morgan fingerprint density at radius 3 is 2.25 bits per heavy atom. The first-order chi connectivity index (χ1) is 11.5. The molecule has 0 unspecified atom stereocenters. The topological polar surface area (TPSA) is 34.9 Å². The normalized spacial score (nSPS) is 12.2. The summed E-state index contributed by atoms with van der Waals surface area (Å²) in [5.74, 6) is 0. The van der Waals surface area contributed by atoms with Gasteiger partial charge in [0, 0.05) is 5.56 Å². The molecule has 3 nitrogen and oxygen atoms in total. The maximum atomic E-state index is 12.8. The number of aromatic nitrogens is 2. The predicted molar refractivity (Wildman–Crippen MR) is 98.9 cm³/mol. The van der Waals surface area contributed by atoms with E-state index in [1.54, 1.807) is 4.57 Å². The predicted octanol–water partition coefficient (Wildman–Crippen LogP) is 5.13. The second-order valence-electron chi connectivity index (χ2n) is 5.62.